The maximum absolute atomic E-state index is 12.1. The molecule has 1 aliphatic heterocycles. The number of carbonyl (C=O) groups excluding carboxylic acids is 2. The second-order valence-electron chi connectivity index (χ2n) is 4.90. The van der Waals surface area contributed by atoms with Gasteiger partial charge in [0.2, 0.25) is 5.91 Å². The maximum atomic E-state index is 12.1. The maximum Gasteiger partial charge on any atom is 0.251 e. The topological polar surface area (TPSA) is 62.3 Å². The number of anilines is 1. The zero-order valence-corrected chi connectivity index (χ0v) is 11.2. The van der Waals surface area contributed by atoms with Gasteiger partial charge >= 0.3 is 0 Å². The number of benzene rings is 1. The van der Waals surface area contributed by atoms with Gasteiger partial charge in [0.15, 0.2) is 0 Å². The number of nitrogens with zero attached hydrogens (tertiary/aromatic N) is 2. The number of amides is 2. The van der Waals surface area contributed by atoms with E-state index in [1.54, 1.807) is 6.20 Å². The summed E-state index contributed by atoms with van der Waals surface area (Å²) in [6.07, 6.45) is 2.63. The van der Waals surface area contributed by atoms with Crippen molar-refractivity contribution in [1.82, 2.24) is 9.88 Å². The molecule has 1 aromatic heterocycles. The fourth-order valence-corrected chi connectivity index (χ4v) is 2.46. The van der Waals surface area contributed by atoms with E-state index in [1.165, 1.54) is 11.9 Å². The van der Waals surface area contributed by atoms with Crippen molar-refractivity contribution in [2.24, 2.45) is 0 Å². The van der Waals surface area contributed by atoms with Gasteiger partial charge in [0.1, 0.15) is 6.04 Å². The SMILES string of the molecule is CN1C(=O)CCC(Nc2ccnc3ccccc23)C1=O. The van der Waals surface area contributed by atoms with E-state index in [-0.39, 0.29) is 17.9 Å². The van der Waals surface area contributed by atoms with Crippen LogP contribution in [0.25, 0.3) is 10.9 Å². The highest BCUT2D eigenvalue weighted by molar-refractivity contribution is 6.02. The van der Waals surface area contributed by atoms with E-state index in [0.717, 1.165) is 16.6 Å². The van der Waals surface area contributed by atoms with Crippen molar-refractivity contribution in [3.63, 3.8) is 0 Å². The number of imide groups is 1. The van der Waals surface area contributed by atoms with Crippen LogP contribution < -0.4 is 5.32 Å². The number of piperidine rings is 1. The molecule has 0 radical (unpaired) electrons. The summed E-state index contributed by atoms with van der Waals surface area (Å²) in [5.74, 6) is -0.297. The van der Waals surface area contributed by atoms with Crippen LogP contribution in [0.15, 0.2) is 36.5 Å². The van der Waals surface area contributed by atoms with Gasteiger partial charge in [-0.15, -0.1) is 0 Å². The van der Waals surface area contributed by atoms with Gasteiger partial charge in [-0.2, -0.15) is 0 Å². The third kappa shape index (κ3) is 2.11. The molecular weight excluding hydrogens is 254 g/mol. The summed E-state index contributed by atoms with van der Waals surface area (Å²) in [6.45, 7) is 0. The van der Waals surface area contributed by atoms with Gasteiger partial charge in [-0.3, -0.25) is 19.5 Å². The lowest BCUT2D eigenvalue weighted by atomic mass is 10.0. The van der Waals surface area contributed by atoms with Crippen molar-refractivity contribution < 1.29 is 9.59 Å². The van der Waals surface area contributed by atoms with E-state index in [4.69, 9.17) is 0 Å². The second kappa shape index (κ2) is 4.92. The third-order valence-corrected chi connectivity index (χ3v) is 3.63. The van der Waals surface area contributed by atoms with Crippen molar-refractivity contribution >= 4 is 28.4 Å². The summed E-state index contributed by atoms with van der Waals surface area (Å²) in [4.78, 5) is 29.1. The molecular formula is C15H15N3O2. The Labute approximate surface area is 116 Å². The molecule has 1 atom stereocenters. The van der Waals surface area contributed by atoms with Crippen LogP contribution in [0.3, 0.4) is 0 Å². The Balaban J connectivity index is 1.90. The highest BCUT2D eigenvalue weighted by Gasteiger charge is 2.31. The normalized spacial score (nSPS) is 19.4. The minimum Gasteiger partial charge on any atom is -0.373 e. The standard InChI is InChI=1S/C15H15N3O2/c1-18-14(19)7-6-13(15(18)20)17-12-8-9-16-11-5-3-2-4-10(11)12/h2-5,8-9,13H,6-7H2,1H3,(H,16,17). The van der Waals surface area contributed by atoms with Gasteiger partial charge in [0.25, 0.3) is 5.91 Å². The van der Waals surface area contributed by atoms with E-state index in [0.29, 0.717) is 12.8 Å². The molecule has 2 aromatic rings. The van der Waals surface area contributed by atoms with Crippen LogP contribution in [0.2, 0.25) is 0 Å². The lowest BCUT2D eigenvalue weighted by molar-refractivity contribution is -0.146. The molecule has 1 saturated heterocycles. The Bertz CT molecular complexity index is 678. The average Bonchev–Trinajstić information content (AvgIpc) is 2.48. The predicted molar refractivity (Wildman–Crippen MR) is 76.2 cm³/mol. The van der Waals surface area contributed by atoms with Gasteiger partial charge in [0, 0.05) is 30.7 Å². The molecule has 1 aliphatic rings. The predicted octanol–water partition coefficient (Wildman–Crippen LogP) is 1.79. The quantitative estimate of drug-likeness (QED) is 0.844. The Morgan fingerprint density at radius 1 is 1.25 bits per heavy atom. The van der Waals surface area contributed by atoms with Crippen molar-refractivity contribution in [2.75, 3.05) is 12.4 Å². The van der Waals surface area contributed by atoms with Crippen LogP contribution in [-0.4, -0.2) is 34.8 Å². The van der Waals surface area contributed by atoms with Gasteiger partial charge < -0.3 is 5.32 Å². The number of hydrogen-bond acceptors (Lipinski definition) is 4. The molecule has 20 heavy (non-hydrogen) atoms. The third-order valence-electron chi connectivity index (χ3n) is 3.63. The first-order valence-corrected chi connectivity index (χ1v) is 6.57. The van der Waals surface area contributed by atoms with Gasteiger partial charge in [-0.1, -0.05) is 18.2 Å². The number of pyridine rings is 1. The number of aromatic nitrogens is 1. The molecule has 0 bridgehead atoms. The van der Waals surface area contributed by atoms with Crippen LogP contribution in [0.5, 0.6) is 0 Å². The lowest BCUT2D eigenvalue weighted by Crippen LogP contribution is -2.48. The summed E-state index contributed by atoms with van der Waals surface area (Å²) in [7, 11) is 1.53. The number of fused-ring (bicyclic) bond motifs is 1. The molecule has 5 nitrogen and oxygen atoms in total. The summed E-state index contributed by atoms with van der Waals surface area (Å²) in [6, 6.07) is 9.26. The first kappa shape index (κ1) is 12.6. The number of rotatable bonds is 2. The van der Waals surface area contributed by atoms with Crippen molar-refractivity contribution in [2.45, 2.75) is 18.9 Å². The van der Waals surface area contributed by atoms with Gasteiger partial charge in [-0.25, -0.2) is 0 Å². The average molecular weight is 269 g/mol. The molecule has 3 rings (SSSR count). The molecule has 5 heteroatoms. The van der Waals surface area contributed by atoms with Crippen molar-refractivity contribution in [3.8, 4) is 0 Å². The molecule has 1 unspecified atom stereocenters. The minimum atomic E-state index is -0.358. The molecule has 2 amide bonds. The molecule has 1 fully saturated rings. The minimum absolute atomic E-state index is 0.118. The summed E-state index contributed by atoms with van der Waals surface area (Å²) in [5.41, 5.74) is 1.75. The van der Waals surface area contributed by atoms with Gasteiger partial charge in [-0.05, 0) is 18.6 Å². The number of likely N-dealkylation sites (N-methyl/N-ethyl adjacent to an activating group) is 1. The first-order valence-electron chi connectivity index (χ1n) is 6.57. The zero-order valence-electron chi connectivity index (χ0n) is 11.2. The molecule has 0 spiro atoms. The lowest BCUT2D eigenvalue weighted by Gasteiger charge is -2.29. The van der Waals surface area contributed by atoms with Gasteiger partial charge in [0.05, 0.1) is 5.52 Å². The molecule has 2 heterocycles. The number of hydrogen-bond donors (Lipinski definition) is 1. The fraction of sp³-hybridized carbons (Fsp3) is 0.267. The van der Waals surface area contributed by atoms with Crippen molar-refractivity contribution in [1.29, 1.82) is 0 Å². The molecule has 1 N–H and O–H groups in total. The molecule has 1 aromatic carbocycles. The van der Waals surface area contributed by atoms with E-state index in [2.05, 4.69) is 10.3 Å². The summed E-state index contributed by atoms with van der Waals surface area (Å²) in [5, 5.41) is 4.22. The van der Waals surface area contributed by atoms with Crippen LogP contribution >= 0.6 is 0 Å². The van der Waals surface area contributed by atoms with E-state index in [1.807, 2.05) is 30.3 Å². The second-order valence-corrected chi connectivity index (χ2v) is 4.90. The number of para-hydroxylation sites is 1. The van der Waals surface area contributed by atoms with Crippen LogP contribution in [0, 0.1) is 0 Å². The largest absolute Gasteiger partial charge is 0.373 e. The Hall–Kier alpha value is -2.43. The Morgan fingerprint density at radius 2 is 2.05 bits per heavy atom. The molecule has 0 saturated carbocycles. The zero-order chi connectivity index (χ0) is 14.1. The molecule has 0 aliphatic carbocycles. The van der Waals surface area contributed by atoms with E-state index in [9.17, 15) is 9.59 Å². The fourth-order valence-electron chi connectivity index (χ4n) is 2.46. The first-order chi connectivity index (χ1) is 9.66. The highest BCUT2D eigenvalue weighted by atomic mass is 16.2. The van der Waals surface area contributed by atoms with E-state index >= 15 is 0 Å². The highest BCUT2D eigenvalue weighted by Crippen LogP contribution is 2.24. The number of nitrogens with one attached hydrogen (secondary N) is 1. The summed E-state index contributed by atoms with van der Waals surface area (Å²) < 4.78 is 0. The Morgan fingerprint density at radius 3 is 2.90 bits per heavy atom. The van der Waals surface area contributed by atoms with Crippen LogP contribution in [0.4, 0.5) is 5.69 Å². The smallest absolute Gasteiger partial charge is 0.251 e. The monoisotopic (exact) mass is 269 g/mol. The van der Waals surface area contributed by atoms with E-state index < -0.39 is 0 Å². The number of carbonyl (C=O) groups is 2. The Kier molecular flexibility index (Phi) is 3.10. The van der Waals surface area contributed by atoms with Crippen molar-refractivity contribution in [3.05, 3.63) is 36.5 Å². The van der Waals surface area contributed by atoms with Crippen LogP contribution in [-0.2, 0) is 9.59 Å². The molecule has 102 valence electrons. The summed E-state index contributed by atoms with van der Waals surface area (Å²) >= 11 is 0. The number of likely N-dealkylation sites (tertiary alicyclic amines) is 1. The van der Waals surface area contributed by atoms with Crippen LogP contribution in [0.1, 0.15) is 12.8 Å².